The molecule has 0 radical (unpaired) electrons. The molecule has 1 atom stereocenters. The Morgan fingerprint density at radius 3 is 2.27 bits per heavy atom. The van der Waals surface area contributed by atoms with Gasteiger partial charge in [-0.15, -0.1) is 0 Å². The van der Waals surface area contributed by atoms with Crippen LogP contribution in [0.4, 0.5) is 0 Å². The van der Waals surface area contributed by atoms with E-state index in [0.29, 0.717) is 0 Å². The lowest BCUT2D eigenvalue weighted by Gasteiger charge is -2.15. The second kappa shape index (κ2) is 3.77. The average molecular weight is 180 g/mol. The molecule has 5 nitrogen and oxygen atoms in total. The molecule has 0 N–H and O–H groups in total. The largest absolute Gasteiger partial charge is 0.772 e. The zero-order valence-corrected chi connectivity index (χ0v) is 7.22. The Kier molecular flexibility index (Phi) is 3.61. The van der Waals surface area contributed by atoms with Gasteiger partial charge in [0.05, 0.1) is 0 Å². The number of hydrogen-bond donors (Lipinski definition) is 0. The minimum absolute atomic E-state index is 0.0517. The Bertz CT molecular complexity index is 179. The van der Waals surface area contributed by atoms with E-state index >= 15 is 0 Å². The Hall–Kier alpha value is -0.490. The van der Waals surface area contributed by atoms with E-state index < -0.39 is 21.5 Å². The van der Waals surface area contributed by atoms with Crippen LogP contribution in [0.25, 0.3) is 0 Å². The molecule has 0 heterocycles. The molecule has 0 aliphatic carbocycles. The summed E-state index contributed by atoms with van der Waals surface area (Å²) < 4.78 is 20.1. The van der Waals surface area contributed by atoms with Crippen LogP contribution in [0, 0.1) is 10.1 Å². The smallest absolute Gasteiger partial charge is 0.217 e. The third kappa shape index (κ3) is 4.05. The molecule has 0 bridgehead atoms. The van der Waals surface area contributed by atoms with Gasteiger partial charge in [0.1, 0.15) is 0 Å². The first-order valence-corrected chi connectivity index (χ1v) is 4.31. The van der Waals surface area contributed by atoms with Gasteiger partial charge in [-0.2, -0.15) is 0 Å². The summed E-state index contributed by atoms with van der Waals surface area (Å²) in [5, 5.41) is 10.2. The topological polar surface area (TPSA) is 83.3 Å². The maximum absolute atomic E-state index is 10.2. The van der Waals surface area contributed by atoms with Gasteiger partial charge in [-0.3, -0.25) is 14.3 Å². The highest BCUT2D eigenvalue weighted by Crippen LogP contribution is 2.12. The minimum atomic E-state index is -2.18. The minimum Gasteiger partial charge on any atom is -0.772 e. The van der Waals surface area contributed by atoms with Crippen molar-refractivity contribution in [3.8, 4) is 0 Å². The van der Waals surface area contributed by atoms with E-state index in [1.54, 1.807) is 0 Å². The first kappa shape index (κ1) is 10.5. The van der Waals surface area contributed by atoms with Gasteiger partial charge in [0.2, 0.25) is 5.54 Å². The Labute approximate surface area is 67.2 Å². The standard InChI is InChI=1S/C5H11NO4S/c1-5(2,6(7)8)3-4-11(9)10/h3-4H2,1-2H3,(H,9,10)/p-1. The lowest BCUT2D eigenvalue weighted by Crippen LogP contribution is -2.32. The molecule has 0 rings (SSSR count). The van der Waals surface area contributed by atoms with Crippen LogP contribution in [0.15, 0.2) is 0 Å². The van der Waals surface area contributed by atoms with Crippen molar-refractivity contribution in [2.75, 3.05) is 5.75 Å². The van der Waals surface area contributed by atoms with Crippen molar-refractivity contribution in [1.82, 2.24) is 0 Å². The summed E-state index contributed by atoms with van der Waals surface area (Å²) in [7, 11) is 0. The van der Waals surface area contributed by atoms with E-state index in [-0.39, 0.29) is 12.2 Å². The summed E-state index contributed by atoms with van der Waals surface area (Å²) in [6.45, 7) is 2.81. The van der Waals surface area contributed by atoms with Crippen molar-refractivity contribution in [2.24, 2.45) is 0 Å². The van der Waals surface area contributed by atoms with Gasteiger partial charge < -0.3 is 4.55 Å². The van der Waals surface area contributed by atoms with Crippen LogP contribution in [0.3, 0.4) is 0 Å². The molecule has 0 saturated heterocycles. The maximum Gasteiger partial charge on any atom is 0.217 e. The summed E-state index contributed by atoms with van der Waals surface area (Å²) in [5.41, 5.74) is -1.14. The average Bonchev–Trinajstić information content (AvgIpc) is 1.84. The van der Waals surface area contributed by atoms with Crippen LogP contribution < -0.4 is 0 Å². The van der Waals surface area contributed by atoms with Crippen LogP contribution in [0.5, 0.6) is 0 Å². The summed E-state index contributed by atoms with van der Waals surface area (Å²) in [5.74, 6) is -0.159. The predicted molar refractivity (Wildman–Crippen MR) is 39.5 cm³/mol. The SMILES string of the molecule is CC(C)(CCS(=O)[O-])[N+](=O)[O-]. The van der Waals surface area contributed by atoms with Crippen LogP contribution in [-0.2, 0) is 11.1 Å². The highest BCUT2D eigenvalue weighted by atomic mass is 32.2. The van der Waals surface area contributed by atoms with Crippen LogP contribution in [0.2, 0.25) is 0 Å². The zero-order valence-electron chi connectivity index (χ0n) is 6.40. The van der Waals surface area contributed by atoms with E-state index in [0.717, 1.165) is 0 Å². The molecule has 0 aromatic rings. The van der Waals surface area contributed by atoms with Crippen molar-refractivity contribution >= 4 is 11.1 Å². The molecule has 66 valence electrons. The first-order valence-electron chi connectivity index (χ1n) is 3.06. The molecule has 0 saturated carbocycles. The molecule has 0 aliphatic rings. The number of rotatable bonds is 4. The molecule has 0 aromatic heterocycles. The second-order valence-electron chi connectivity index (χ2n) is 2.83. The third-order valence-corrected chi connectivity index (χ3v) is 1.91. The van der Waals surface area contributed by atoms with Crippen LogP contribution in [-0.4, -0.2) is 25.0 Å². The van der Waals surface area contributed by atoms with Gasteiger partial charge in [0, 0.05) is 30.9 Å². The normalized spacial score (nSPS) is 14.5. The Morgan fingerprint density at radius 2 is 2.00 bits per heavy atom. The highest BCUT2D eigenvalue weighted by molar-refractivity contribution is 7.79. The molecule has 0 amide bonds. The molecular weight excluding hydrogens is 170 g/mol. The number of nitrogens with zero attached hydrogens (tertiary/aromatic N) is 1. The van der Waals surface area contributed by atoms with Gasteiger partial charge in [-0.1, -0.05) is 11.1 Å². The van der Waals surface area contributed by atoms with E-state index in [4.69, 9.17) is 0 Å². The molecule has 1 unspecified atom stereocenters. The summed E-state index contributed by atoms with van der Waals surface area (Å²) >= 11 is -2.18. The van der Waals surface area contributed by atoms with E-state index in [2.05, 4.69) is 0 Å². The summed E-state index contributed by atoms with van der Waals surface area (Å²) in [6.07, 6.45) is 0.0517. The highest BCUT2D eigenvalue weighted by Gasteiger charge is 2.29. The molecule has 0 spiro atoms. The second-order valence-corrected chi connectivity index (χ2v) is 3.84. The first-order chi connectivity index (χ1) is 4.86. The van der Waals surface area contributed by atoms with E-state index in [9.17, 15) is 18.9 Å². The molecule has 6 heteroatoms. The Balaban J connectivity index is 3.92. The molecule has 0 aromatic carbocycles. The van der Waals surface area contributed by atoms with E-state index in [1.807, 2.05) is 0 Å². The van der Waals surface area contributed by atoms with Crippen molar-refractivity contribution in [1.29, 1.82) is 0 Å². The fourth-order valence-corrected chi connectivity index (χ4v) is 1.09. The maximum atomic E-state index is 10.2. The summed E-state index contributed by atoms with van der Waals surface area (Å²) in [6, 6.07) is 0. The molecular formula is C5H10NO4S-. The molecule has 11 heavy (non-hydrogen) atoms. The summed E-state index contributed by atoms with van der Waals surface area (Å²) in [4.78, 5) is 9.77. The van der Waals surface area contributed by atoms with Crippen molar-refractivity contribution in [2.45, 2.75) is 25.8 Å². The van der Waals surface area contributed by atoms with Crippen molar-refractivity contribution < 1.29 is 13.7 Å². The van der Waals surface area contributed by atoms with Crippen molar-refractivity contribution in [3.05, 3.63) is 10.1 Å². The fraction of sp³-hybridized carbons (Fsp3) is 1.00. The van der Waals surface area contributed by atoms with Gasteiger partial charge in [-0.05, 0) is 0 Å². The lowest BCUT2D eigenvalue weighted by molar-refractivity contribution is -0.560. The number of hydrogen-bond acceptors (Lipinski definition) is 4. The van der Waals surface area contributed by atoms with Gasteiger partial charge in [0.25, 0.3) is 0 Å². The number of nitro groups is 1. The van der Waals surface area contributed by atoms with Gasteiger partial charge in [0.15, 0.2) is 0 Å². The van der Waals surface area contributed by atoms with Crippen LogP contribution in [0.1, 0.15) is 20.3 Å². The predicted octanol–water partition coefficient (Wildman–Crippen LogP) is 0.311. The third-order valence-electron chi connectivity index (χ3n) is 1.37. The molecule has 0 fully saturated rings. The monoisotopic (exact) mass is 180 g/mol. The lowest BCUT2D eigenvalue weighted by atomic mass is 10.0. The quantitative estimate of drug-likeness (QED) is 0.354. The van der Waals surface area contributed by atoms with Crippen molar-refractivity contribution in [3.63, 3.8) is 0 Å². The van der Waals surface area contributed by atoms with Crippen LogP contribution >= 0.6 is 0 Å². The zero-order chi connectivity index (χ0) is 9.07. The van der Waals surface area contributed by atoms with Gasteiger partial charge in [-0.25, -0.2) is 0 Å². The molecule has 0 aliphatic heterocycles. The van der Waals surface area contributed by atoms with Gasteiger partial charge >= 0.3 is 0 Å². The fourth-order valence-electron chi connectivity index (χ4n) is 0.424. The Morgan fingerprint density at radius 1 is 1.55 bits per heavy atom. The van der Waals surface area contributed by atoms with E-state index in [1.165, 1.54) is 13.8 Å².